The predicted octanol–water partition coefficient (Wildman–Crippen LogP) is 3.38. The fourth-order valence-corrected chi connectivity index (χ4v) is 3.62. The molecule has 0 radical (unpaired) electrons. The molecule has 1 aromatic carbocycles. The lowest BCUT2D eigenvalue weighted by Gasteiger charge is -2.20. The summed E-state index contributed by atoms with van der Waals surface area (Å²) < 4.78 is 23.7. The van der Waals surface area contributed by atoms with Crippen molar-refractivity contribution in [3.8, 4) is 0 Å². The fraction of sp³-hybridized carbons (Fsp3) is 0.450. The summed E-state index contributed by atoms with van der Waals surface area (Å²) in [5.74, 6) is -0.0818. The minimum atomic E-state index is -0.356. The number of esters is 1. The number of methoxy groups -OCH3 is 1. The highest BCUT2D eigenvalue weighted by Gasteiger charge is 2.20. The summed E-state index contributed by atoms with van der Waals surface area (Å²) in [6.07, 6.45) is -0.262. The molecule has 9 heteroatoms. The number of aryl methyl sites for hydroxylation is 1. The average molecular weight is 423 g/mol. The normalized spacial score (nSPS) is 13.7. The predicted molar refractivity (Wildman–Crippen MR) is 112 cm³/mol. The molecule has 0 fully saturated rings. The van der Waals surface area contributed by atoms with Crippen LogP contribution in [0.25, 0.3) is 0 Å². The Morgan fingerprint density at radius 2 is 2.03 bits per heavy atom. The zero-order valence-electron chi connectivity index (χ0n) is 17.3. The molecule has 0 saturated carbocycles. The number of aliphatic imine (C=N–C) groups is 1. The van der Waals surface area contributed by atoms with Crippen LogP contribution in [0.2, 0.25) is 0 Å². The lowest BCUT2D eigenvalue weighted by molar-refractivity contribution is 0.0531. The van der Waals surface area contributed by atoms with E-state index in [1.54, 1.807) is 40.1 Å². The summed E-state index contributed by atoms with van der Waals surface area (Å²) in [6.45, 7) is 6.27. The standard InChI is InChI=1S/C20H27FN4O3S/c1-6-28-19(26)17-12(2)24-18(29-17)13(3)25-20(22-4)23-11-16(27-5)14-7-9-15(21)10-8-14/h7-10,13,16H,6,11H2,1-5H3,(H2,22,23,25). The first-order chi connectivity index (χ1) is 13.9. The number of nitrogens with zero attached hydrogens (tertiary/aromatic N) is 2. The molecular formula is C20H27FN4O3S. The number of carbonyl (C=O) groups excluding carboxylic acids is 1. The summed E-state index contributed by atoms with van der Waals surface area (Å²) in [7, 11) is 3.27. The number of ether oxygens (including phenoxy) is 2. The van der Waals surface area contributed by atoms with E-state index in [1.165, 1.54) is 23.5 Å². The number of guanidine groups is 1. The van der Waals surface area contributed by atoms with Crippen LogP contribution >= 0.6 is 11.3 Å². The van der Waals surface area contributed by atoms with Crippen LogP contribution in [0.5, 0.6) is 0 Å². The number of thiazole rings is 1. The van der Waals surface area contributed by atoms with Gasteiger partial charge >= 0.3 is 5.97 Å². The van der Waals surface area contributed by atoms with E-state index >= 15 is 0 Å². The van der Waals surface area contributed by atoms with Gasteiger partial charge in [0, 0.05) is 20.7 Å². The molecule has 0 aliphatic rings. The van der Waals surface area contributed by atoms with Crippen LogP contribution in [0, 0.1) is 12.7 Å². The Morgan fingerprint density at radius 3 is 2.62 bits per heavy atom. The van der Waals surface area contributed by atoms with Gasteiger partial charge in [-0.1, -0.05) is 12.1 Å². The molecule has 2 N–H and O–H groups in total. The van der Waals surface area contributed by atoms with E-state index in [-0.39, 0.29) is 23.9 Å². The van der Waals surface area contributed by atoms with Crippen molar-refractivity contribution < 1.29 is 18.7 Å². The van der Waals surface area contributed by atoms with Gasteiger partial charge in [0.15, 0.2) is 5.96 Å². The number of rotatable bonds is 8. The van der Waals surface area contributed by atoms with Crippen LogP contribution in [0.4, 0.5) is 4.39 Å². The topological polar surface area (TPSA) is 84.8 Å². The summed E-state index contributed by atoms with van der Waals surface area (Å²) in [5.41, 5.74) is 1.51. The van der Waals surface area contributed by atoms with E-state index in [0.29, 0.717) is 29.7 Å². The Balaban J connectivity index is 1.99. The van der Waals surface area contributed by atoms with E-state index in [2.05, 4.69) is 20.6 Å². The lowest BCUT2D eigenvalue weighted by Crippen LogP contribution is -2.40. The Hall–Kier alpha value is -2.52. The van der Waals surface area contributed by atoms with Crippen molar-refractivity contribution in [3.05, 3.63) is 51.2 Å². The van der Waals surface area contributed by atoms with E-state index in [0.717, 1.165) is 10.6 Å². The van der Waals surface area contributed by atoms with Crippen LogP contribution in [0.15, 0.2) is 29.3 Å². The van der Waals surface area contributed by atoms with Crippen LogP contribution in [-0.2, 0) is 9.47 Å². The van der Waals surface area contributed by atoms with Crippen molar-refractivity contribution in [1.29, 1.82) is 0 Å². The van der Waals surface area contributed by atoms with Gasteiger partial charge in [0.25, 0.3) is 0 Å². The molecule has 0 amide bonds. The third kappa shape index (κ3) is 6.23. The molecule has 0 spiro atoms. The molecule has 29 heavy (non-hydrogen) atoms. The van der Waals surface area contributed by atoms with Gasteiger partial charge in [-0.05, 0) is 38.5 Å². The van der Waals surface area contributed by atoms with Gasteiger partial charge in [0.05, 0.1) is 24.4 Å². The van der Waals surface area contributed by atoms with Gasteiger partial charge < -0.3 is 20.1 Å². The third-order valence-electron chi connectivity index (χ3n) is 4.20. The largest absolute Gasteiger partial charge is 0.462 e. The Labute approximate surface area is 174 Å². The molecule has 0 aliphatic heterocycles. The molecular weight excluding hydrogens is 395 g/mol. The molecule has 0 bridgehead atoms. The van der Waals surface area contributed by atoms with Crippen molar-refractivity contribution >= 4 is 23.3 Å². The highest BCUT2D eigenvalue weighted by atomic mass is 32.1. The lowest BCUT2D eigenvalue weighted by atomic mass is 10.1. The Kier molecular flexibility index (Phi) is 8.53. The average Bonchev–Trinajstić information content (AvgIpc) is 3.10. The maximum atomic E-state index is 13.1. The first-order valence-corrected chi connectivity index (χ1v) is 10.1. The molecule has 1 aromatic heterocycles. The molecule has 2 unspecified atom stereocenters. The highest BCUT2D eigenvalue weighted by Crippen LogP contribution is 2.24. The maximum Gasteiger partial charge on any atom is 0.350 e. The Bertz CT molecular complexity index is 839. The number of benzene rings is 1. The van der Waals surface area contributed by atoms with Crippen molar-refractivity contribution in [2.45, 2.75) is 32.9 Å². The second-order valence-corrected chi connectivity index (χ2v) is 7.31. The quantitative estimate of drug-likeness (QED) is 0.385. The summed E-state index contributed by atoms with van der Waals surface area (Å²) in [5, 5.41) is 7.22. The third-order valence-corrected chi connectivity index (χ3v) is 5.52. The van der Waals surface area contributed by atoms with E-state index in [4.69, 9.17) is 9.47 Å². The first kappa shape index (κ1) is 22.8. The van der Waals surface area contributed by atoms with E-state index in [1.807, 2.05) is 6.92 Å². The maximum absolute atomic E-state index is 13.1. The van der Waals surface area contributed by atoms with E-state index < -0.39 is 0 Å². The zero-order valence-corrected chi connectivity index (χ0v) is 18.1. The SMILES string of the molecule is CCOC(=O)c1sc(C(C)NC(=NC)NCC(OC)c2ccc(F)cc2)nc1C. The fourth-order valence-electron chi connectivity index (χ4n) is 2.65. The zero-order chi connectivity index (χ0) is 21.4. The smallest absolute Gasteiger partial charge is 0.350 e. The molecule has 7 nitrogen and oxygen atoms in total. The highest BCUT2D eigenvalue weighted by molar-refractivity contribution is 7.13. The van der Waals surface area contributed by atoms with Gasteiger partial charge in [-0.25, -0.2) is 14.2 Å². The van der Waals surface area contributed by atoms with Gasteiger partial charge in [-0.3, -0.25) is 4.99 Å². The number of hydrogen-bond donors (Lipinski definition) is 2. The molecule has 1 heterocycles. The van der Waals surface area contributed by atoms with Crippen LogP contribution in [0.1, 0.15) is 51.9 Å². The number of hydrogen-bond acceptors (Lipinski definition) is 6. The van der Waals surface area contributed by atoms with Crippen molar-refractivity contribution in [2.24, 2.45) is 4.99 Å². The molecule has 2 atom stereocenters. The van der Waals surface area contributed by atoms with Gasteiger partial charge in [-0.15, -0.1) is 11.3 Å². The second-order valence-electron chi connectivity index (χ2n) is 6.28. The minimum absolute atomic E-state index is 0.167. The first-order valence-electron chi connectivity index (χ1n) is 9.29. The van der Waals surface area contributed by atoms with Crippen molar-refractivity contribution in [3.63, 3.8) is 0 Å². The molecule has 0 aliphatic carbocycles. The summed E-state index contributed by atoms with van der Waals surface area (Å²) >= 11 is 1.30. The number of nitrogens with one attached hydrogen (secondary N) is 2. The molecule has 2 rings (SSSR count). The summed E-state index contributed by atoms with van der Waals surface area (Å²) in [6, 6.07) is 6.03. The van der Waals surface area contributed by atoms with Crippen LogP contribution in [-0.4, -0.2) is 44.2 Å². The molecule has 158 valence electrons. The Morgan fingerprint density at radius 1 is 1.34 bits per heavy atom. The number of halogens is 1. The minimum Gasteiger partial charge on any atom is -0.462 e. The van der Waals surface area contributed by atoms with Crippen molar-refractivity contribution in [2.75, 3.05) is 27.3 Å². The van der Waals surface area contributed by atoms with Crippen LogP contribution < -0.4 is 10.6 Å². The van der Waals surface area contributed by atoms with Gasteiger partial charge in [0.2, 0.25) is 0 Å². The van der Waals surface area contributed by atoms with E-state index in [9.17, 15) is 9.18 Å². The monoisotopic (exact) mass is 422 g/mol. The van der Waals surface area contributed by atoms with Crippen molar-refractivity contribution in [1.82, 2.24) is 15.6 Å². The second kappa shape index (κ2) is 10.9. The molecule has 2 aromatic rings. The van der Waals surface area contributed by atoms with Crippen LogP contribution in [0.3, 0.4) is 0 Å². The van der Waals surface area contributed by atoms with Gasteiger partial charge in [0.1, 0.15) is 15.7 Å². The number of aromatic nitrogens is 1. The number of carbonyl (C=O) groups is 1. The summed E-state index contributed by atoms with van der Waals surface area (Å²) in [4.78, 5) is 21.2. The molecule has 0 saturated heterocycles. The van der Waals surface area contributed by atoms with Gasteiger partial charge in [-0.2, -0.15) is 0 Å².